The summed E-state index contributed by atoms with van der Waals surface area (Å²) in [5.41, 5.74) is 1.27. The van der Waals surface area contributed by atoms with Crippen molar-refractivity contribution in [2.75, 3.05) is 0 Å². The quantitative estimate of drug-likeness (QED) is 0.479. The highest BCUT2D eigenvalue weighted by Crippen LogP contribution is 2.26. The van der Waals surface area contributed by atoms with Crippen LogP contribution in [0.25, 0.3) is 15.9 Å². The van der Waals surface area contributed by atoms with Gasteiger partial charge in [-0.2, -0.15) is 5.10 Å². The lowest BCUT2D eigenvalue weighted by Crippen LogP contribution is -2.42. The highest BCUT2D eigenvalue weighted by Gasteiger charge is 2.23. The van der Waals surface area contributed by atoms with Crippen LogP contribution in [0, 0.1) is 0 Å². The fourth-order valence-electron chi connectivity index (χ4n) is 3.05. The van der Waals surface area contributed by atoms with Crippen LogP contribution < -0.4 is 5.32 Å². The Kier molecular flexibility index (Phi) is 5.26. The van der Waals surface area contributed by atoms with Crippen molar-refractivity contribution < 1.29 is 9.59 Å². The number of hydrogen-bond donors (Lipinski definition) is 1. The predicted molar refractivity (Wildman–Crippen MR) is 111 cm³/mol. The van der Waals surface area contributed by atoms with E-state index in [1.165, 1.54) is 17.0 Å². The van der Waals surface area contributed by atoms with Gasteiger partial charge in [0.1, 0.15) is 5.69 Å². The molecule has 0 bridgehead atoms. The number of carbonyl (C=O) groups is 2. The summed E-state index contributed by atoms with van der Waals surface area (Å²) >= 11 is 1.56. The standard InChI is InChI=1S/C21H17N5O2S/c1-2-18(27)16(11-14-13-29-19-12-22-9-6-15(14)19)25-21(28)17-7-10-24-26(17)20-5-3-4-8-23-20/h2-10,12-13,16H,1,11H2,(H,25,28). The summed E-state index contributed by atoms with van der Waals surface area (Å²) in [6.45, 7) is 3.57. The lowest BCUT2D eigenvalue weighted by Gasteiger charge is -2.16. The first kappa shape index (κ1) is 18.7. The Morgan fingerprint density at radius 2 is 2.10 bits per heavy atom. The van der Waals surface area contributed by atoms with Gasteiger partial charge in [-0.3, -0.25) is 14.6 Å². The molecule has 0 saturated heterocycles. The molecule has 0 aromatic carbocycles. The topological polar surface area (TPSA) is 89.8 Å². The van der Waals surface area contributed by atoms with Crippen molar-refractivity contribution in [1.82, 2.24) is 25.1 Å². The molecule has 0 fully saturated rings. The zero-order chi connectivity index (χ0) is 20.2. The van der Waals surface area contributed by atoms with Crippen LogP contribution in [0.2, 0.25) is 0 Å². The Bertz CT molecular complexity index is 1180. The molecule has 1 atom stereocenters. The normalized spacial score (nSPS) is 11.9. The van der Waals surface area contributed by atoms with Crippen molar-refractivity contribution in [1.29, 1.82) is 0 Å². The number of nitrogens with one attached hydrogen (secondary N) is 1. The average Bonchev–Trinajstić information content (AvgIpc) is 3.41. The lowest BCUT2D eigenvalue weighted by molar-refractivity contribution is -0.116. The number of thiophene rings is 1. The summed E-state index contributed by atoms with van der Waals surface area (Å²) in [5.74, 6) is -0.143. The van der Waals surface area contributed by atoms with E-state index in [0.29, 0.717) is 17.9 Å². The van der Waals surface area contributed by atoms with E-state index in [2.05, 4.69) is 27.0 Å². The second kappa shape index (κ2) is 8.15. The van der Waals surface area contributed by atoms with Crippen molar-refractivity contribution >= 4 is 33.1 Å². The maximum Gasteiger partial charge on any atom is 0.270 e. The Labute approximate surface area is 170 Å². The molecule has 4 aromatic rings. The van der Waals surface area contributed by atoms with Crippen molar-refractivity contribution in [2.24, 2.45) is 0 Å². The Balaban J connectivity index is 1.60. The third-order valence-corrected chi connectivity index (χ3v) is 5.46. The van der Waals surface area contributed by atoms with Gasteiger partial charge in [-0.25, -0.2) is 9.67 Å². The summed E-state index contributed by atoms with van der Waals surface area (Å²) in [5, 5.41) is 10.0. The van der Waals surface area contributed by atoms with Gasteiger partial charge in [0.15, 0.2) is 11.6 Å². The number of pyridine rings is 2. The van der Waals surface area contributed by atoms with E-state index < -0.39 is 11.9 Å². The molecule has 1 amide bonds. The van der Waals surface area contributed by atoms with Crippen LogP contribution in [-0.2, 0) is 11.2 Å². The lowest BCUT2D eigenvalue weighted by atomic mass is 10.0. The molecule has 7 nitrogen and oxygen atoms in total. The van der Waals surface area contributed by atoms with Crippen LogP contribution >= 0.6 is 11.3 Å². The number of carbonyl (C=O) groups excluding carboxylic acids is 2. The Hall–Kier alpha value is -3.65. The van der Waals surface area contributed by atoms with Gasteiger partial charge in [0.25, 0.3) is 5.91 Å². The van der Waals surface area contributed by atoms with Gasteiger partial charge in [-0.15, -0.1) is 11.3 Å². The summed E-state index contributed by atoms with van der Waals surface area (Å²) in [4.78, 5) is 33.7. The number of rotatable bonds is 7. The van der Waals surface area contributed by atoms with Gasteiger partial charge in [-0.05, 0) is 46.7 Å². The first-order valence-electron chi connectivity index (χ1n) is 8.90. The van der Waals surface area contributed by atoms with E-state index in [1.807, 2.05) is 17.5 Å². The summed E-state index contributed by atoms with van der Waals surface area (Å²) in [7, 11) is 0. The molecule has 0 saturated carbocycles. The van der Waals surface area contributed by atoms with Gasteiger partial charge < -0.3 is 5.32 Å². The molecule has 1 N–H and O–H groups in total. The molecule has 29 heavy (non-hydrogen) atoms. The maximum atomic E-state index is 12.9. The number of nitrogens with zero attached hydrogens (tertiary/aromatic N) is 4. The third-order valence-electron chi connectivity index (χ3n) is 4.47. The zero-order valence-corrected chi connectivity index (χ0v) is 16.2. The second-order valence-corrected chi connectivity index (χ2v) is 7.20. The molecule has 1 unspecified atom stereocenters. The van der Waals surface area contributed by atoms with Gasteiger partial charge in [0.05, 0.1) is 16.9 Å². The van der Waals surface area contributed by atoms with Crippen molar-refractivity contribution in [3.63, 3.8) is 0 Å². The Morgan fingerprint density at radius 1 is 1.21 bits per heavy atom. The molecule has 4 aromatic heterocycles. The number of fused-ring (bicyclic) bond motifs is 1. The largest absolute Gasteiger partial charge is 0.340 e. The number of amides is 1. The molecule has 8 heteroatoms. The zero-order valence-electron chi connectivity index (χ0n) is 15.4. The van der Waals surface area contributed by atoms with E-state index in [0.717, 1.165) is 15.6 Å². The van der Waals surface area contributed by atoms with E-state index in [1.54, 1.807) is 48.1 Å². The molecular weight excluding hydrogens is 386 g/mol. The smallest absolute Gasteiger partial charge is 0.270 e. The third kappa shape index (κ3) is 3.83. The van der Waals surface area contributed by atoms with Crippen molar-refractivity contribution in [3.8, 4) is 5.82 Å². The molecule has 144 valence electrons. The summed E-state index contributed by atoms with van der Waals surface area (Å²) < 4.78 is 2.48. The van der Waals surface area contributed by atoms with Gasteiger partial charge in [0, 0.05) is 25.0 Å². The van der Waals surface area contributed by atoms with Crippen LogP contribution in [0.3, 0.4) is 0 Å². The molecule has 4 heterocycles. The molecule has 0 aliphatic carbocycles. The molecule has 4 rings (SSSR count). The molecule has 0 radical (unpaired) electrons. The van der Waals surface area contributed by atoms with Crippen LogP contribution in [0.4, 0.5) is 0 Å². The van der Waals surface area contributed by atoms with Crippen LogP contribution in [-0.4, -0.2) is 37.5 Å². The number of ketones is 1. The van der Waals surface area contributed by atoms with Crippen LogP contribution in [0.1, 0.15) is 16.1 Å². The van der Waals surface area contributed by atoms with Crippen LogP contribution in [0.5, 0.6) is 0 Å². The first-order chi connectivity index (χ1) is 14.2. The fraction of sp³-hybridized carbons (Fsp3) is 0.0952. The Morgan fingerprint density at radius 3 is 2.90 bits per heavy atom. The fourth-order valence-corrected chi connectivity index (χ4v) is 3.99. The molecule has 0 aliphatic rings. The highest BCUT2D eigenvalue weighted by atomic mass is 32.1. The number of hydrogen-bond acceptors (Lipinski definition) is 6. The number of aromatic nitrogens is 4. The van der Waals surface area contributed by atoms with Gasteiger partial charge >= 0.3 is 0 Å². The SMILES string of the molecule is C=CC(=O)C(Cc1csc2cnccc12)NC(=O)c1ccnn1-c1ccccn1. The minimum absolute atomic E-state index is 0.254. The van der Waals surface area contributed by atoms with E-state index in [9.17, 15) is 9.59 Å². The first-order valence-corrected chi connectivity index (χ1v) is 9.78. The molecule has 0 spiro atoms. The second-order valence-electron chi connectivity index (χ2n) is 6.29. The minimum Gasteiger partial charge on any atom is -0.340 e. The van der Waals surface area contributed by atoms with E-state index in [-0.39, 0.29) is 5.78 Å². The maximum absolute atomic E-state index is 12.9. The van der Waals surface area contributed by atoms with Crippen LogP contribution in [0.15, 0.2) is 73.2 Å². The highest BCUT2D eigenvalue weighted by molar-refractivity contribution is 7.17. The molecule has 0 aliphatic heterocycles. The minimum atomic E-state index is -0.738. The molecular formula is C21H17N5O2S. The summed E-state index contributed by atoms with van der Waals surface area (Å²) in [6, 6.07) is 8.11. The van der Waals surface area contributed by atoms with E-state index in [4.69, 9.17) is 0 Å². The van der Waals surface area contributed by atoms with Crippen molar-refractivity contribution in [2.45, 2.75) is 12.5 Å². The predicted octanol–water partition coefficient (Wildman–Crippen LogP) is 2.97. The van der Waals surface area contributed by atoms with Crippen molar-refractivity contribution in [3.05, 3.63) is 84.4 Å². The van der Waals surface area contributed by atoms with E-state index >= 15 is 0 Å². The summed E-state index contributed by atoms with van der Waals surface area (Å²) in [6.07, 6.45) is 8.24. The van der Waals surface area contributed by atoms with Gasteiger partial charge in [0.2, 0.25) is 0 Å². The van der Waals surface area contributed by atoms with Gasteiger partial charge in [-0.1, -0.05) is 12.6 Å². The average molecular weight is 403 g/mol. The monoisotopic (exact) mass is 403 g/mol.